The van der Waals surface area contributed by atoms with Crippen LogP contribution >= 0.6 is 0 Å². The van der Waals surface area contributed by atoms with E-state index in [-0.39, 0.29) is 11.1 Å². The zero-order valence-electron chi connectivity index (χ0n) is 31.9. The highest BCUT2D eigenvalue weighted by molar-refractivity contribution is 5.89. The molecule has 0 aromatic heterocycles. The summed E-state index contributed by atoms with van der Waals surface area (Å²) in [6.07, 6.45) is -7.41. The van der Waals surface area contributed by atoms with Gasteiger partial charge in [0.05, 0.1) is 17.4 Å². The monoisotopic (exact) mass is 744 g/mol. The first-order valence-corrected chi connectivity index (χ1v) is 17.4. The van der Waals surface area contributed by atoms with Gasteiger partial charge in [0, 0.05) is 51.0 Å². The van der Waals surface area contributed by atoms with Gasteiger partial charge in [-0.05, 0) is 19.1 Å². The third kappa shape index (κ3) is 9.71. The Hall–Kier alpha value is -4.56. The van der Waals surface area contributed by atoms with Crippen molar-refractivity contribution in [3.8, 4) is 0 Å². The smallest absolute Gasteiger partial charge is 0.338 e. The molecule has 0 spiro atoms. The lowest BCUT2D eigenvalue weighted by atomic mass is 9.71. The van der Waals surface area contributed by atoms with E-state index in [1.807, 2.05) is 0 Å². The summed E-state index contributed by atoms with van der Waals surface area (Å²) in [6.45, 7) is 17.9. The van der Waals surface area contributed by atoms with Crippen LogP contribution in [0.3, 0.4) is 0 Å². The van der Waals surface area contributed by atoms with Crippen LogP contribution in [-0.2, 0) is 52.4 Å². The van der Waals surface area contributed by atoms with Gasteiger partial charge in [0.2, 0.25) is 0 Å². The maximum absolute atomic E-state index is 13.8. The fourth-order valence-corrected chi connectivity index (χ4v) is 7.30. The second-order valence-corrected chi connectivity index (χ2v) is 15.0. The molecule has 0 unspecified atom stereocenters. The van der Waals surface area contributed by atoms with Crippen molar-refractivity contribution in [3.63, 3.8) is 0 Å². The number of ether oxygens (including phenoxy) is 6. The van der Waals surface area contributed by atoms with E-state index >= 15 is 0 Å². The Labute approximate surface area is 309 Å². The molecule has 0 bridgehead atoms. The summed E-state index contributed by atoms with van der Waals surface area (Å²) in [5.74, 6) is -8.37. The van der Waals surface area contributed by atoms with Crippen molar-refractivity contribution in [1.29, 1.82) is 0 Å². The predicted octanol–water partition coefficient (Wildman–Crippen LogP) is 3.80. The van der Waals surface area contributed by atoms with E-state index in [1.54, 1.807) is 51.1 Å². The number of hydrogen-bond acceptors (Lipinski definition) is 14. The number of hydrogen-bond donors (Lipinski definition) is 2. The molecule has 3 rings (SSSR count). The van der Waals surface area contributed by atoms with Crippen molar-refractivity contribution in [3.05, 3.63) is 60.2 Å². The highest BCUT2D eigenvalue weighted by Gasteiger charge is 2.70. The van der Waals surface area contributed by atoms with Crippen molar-refractivity contribution in [2.45, 2.75) is 123 Å². The summed E-state index contributed by atoms with van der Waals surface area (Å²) in [5, 5.41) is 25.2. The number of esters is 6. The average Bonchev–Trinajstić information content (AvgIpc) is 3.26. The van der Waals surface area contributed by atoms with E-state index < -0.39 is 113 Å². The van der Waals surface area contributed by atoms with Crippen LogP contribution in [-0.4, -0.2) is 93.9 Å². The fraction of sp³-hybridized carbons (Fsp3) is 0.590. The van der Waals surface area contributed by atoms with Gasteiger partial charge in [-0.2, -0.15) is 0 Å². The zero-order valence-corrected chi connectivity index (χ0v) is 31.9. The maximum atomic E-state index is 13.8. The van der Waals surface area contributed by atoms with E-state index in [9.17, 15) is 39.0 Å². The molecule has 1 fully saturated rings. The summed E-state index contributed by atoms with van der Waals surface area (Å²) < 4.78 is 35.1. The molecule has 10 atom stereocenters. The molecule has 2 N–H and O–H groups in total. The van der Waals surface area contributed by atoms with Gasteiger partial charge in [-0.1, -0.05) is 71.5 Å². The normalized spacial score (nSPS) is 32.6. The van der Waals surface area contributed by atoms with E-state index in [2.05, 4.69) is 6.58 Å². The first-order valence-electron chi connectivity index (χ1n) is 17.4. The van der Waals surface area contributed by atoms with E-state index in [0.717, 1.165) is 27.7 Å². The lowest BCUT2D eigenvalue weighted by Gasteiger charge is -2.45. The molecule has 1 aromatic rings. The van der Waals surface area contributed by atoms with Crippen LogP contribution in [0.4, 0.5) is 0 Å². The van der Waals surface area contributed by atoms with Crippen molar-refractivity contribution in [2.24, 2.45) is 23.2 Å². The predicted molar refractivity (Wildman–Crippen MR) is 187 cm³/mol. The van der Waals surface area contributed by atoms with Gasteiger partial charge in [0.25, 0.3) is 0 Å². The highest BCUT2D eigenvalue weighted by Crippen LogP contribution is 2.54. The molecular formula is C39H52O14. The summed E-state index contributed by atoms with van der Waals surface area (Å²) in [5.41, 5.74) is -5.69. The number of benzene rings is 1. The van der Waals surface area contributed by atoms with Crippen LogP contribution in [0.5, 0.6) is 0 Å². The largest absolute Gasteiger partial charge is 0.459 e. The standard InChI is InChI=1S/C39H52O14/c1-20(2)35(45)51-31-22(4)30(48-23(5)40)28-33(52-36(46)27-15-13-12-14-16-27)38(11,53-26(8)43)19-39(28,47)32(49-24(6)41)21(3)17-18-37(9,10)34(29(31)44)50-25(7)42/h12-18,20-21,28-34,44,47H,4,19H2,1-3,5-11H3/t21-,28-,29+,30-,31-,32-,33+,34+,38+,39+/m0/s1. The van der Waals surface area contributed by atoms with Crippen molar-refractivity contribution in [2.75, 3.05) is 0 Å². The average molecular weight is 745 g/mol. The Balaban J connectivity index is 2.51. The van der Waals surface area contributed by atoms with Crippen molar-refractivity contribution < 1.29 is 67.4 Å². The first kappa shape index (κ1) is 42.8. The molecule has 14 nitrogen and oxygen atoms in total. The minimum Gasteiger partial charge on any atom is -0.459 e. The van der Waals surface area contributed by atoms with Gasteiger partial charge in [-0.3, -0.25) is 24.0 Å². The van der Waals surface area contributed by atoms with Crippen LogP contribution in [0.25, 0.3) is 0 Å². The quantitative estimate of drug-likeness (QED) is 0.221. The van der Waals surface area contributed by atoms with Crippen LogP contribution in [0.15, 0.2) is 54.6 Å². The van der Waals surface area contributed by atoms with Crippen LogP contribution in [0.2, 0.25) is 0 Å². The van der Waals surface area contributed by atoms with Gasteiger partial charge < -0.3 is 38.6 Å². The molecule has 1 saturated carbocycles. The SMILES string of the molecule is C=C1[C@H](OC(=O)C(C)C)[C@@H](O)[C@@H](OC(C)=O)C(C)(C)C=C[C@H](C)[C@H](OC(C)=O)[C@@]2(O)C[C@@](C)(OC(C)=O)[C@H](OC(=O)c3ccccc3)[C@@H]2[C@H]1OC(C)=O. The molecule has 0 radical (unpaired) electrons. The zero-order chi connectivity index (χ0) is 40.2. The van der Waals surface area contributed by atoms with Gasteiger partial charge in [-0.25, -0.2) is 4.79 Å². The van der Waals surface area contributed by atoms with E-state index in [0.29, 0.717) is 0 Å². The summed E-state index contributed by atoms with van der Waals surface area (Å²) in [4.78, 5) is 78.0. The Bertz CT molecular complexity index is 1600. The Morgan fingerprint density at radius 3 is 1.83 bits per heavy atom. The van der Waals surface area contributed by atoms with E-state index in [4.69, 9.17) is 28.4 Å². The maximum Gasteiger partial charge on any atom is 0.338 e. The third-order valence-electron chi connectivity index (χ3n) is 9.56. The lowest BCUT2D eigenvalue weighted by Crippen LogP contribution is -2.59. The van der Waals surface area contributed by atoms with Gasteiger partial charge in [0.1, 0.15) is 35.6 Å². The Morgan fingerprint density at radius 1 is 0.774 bits per heavy atom. The molecule has 0 amide bonds. The number of aliphatic hydroxyl groups excluding tert-OH is 1. The molecule has 0 aliphatic heterocycles. The van der Waals surface area contributed by atoms with Crippen LogP contribution in [0, 0.1) is 23.2 Å². The molecule has 2 aliphatic carbocycles. The summed E-state index contributed by atoms with van der Waals surface area (Å²) in [7, 11) is 0. The lowest BCUT2D eigenvalue weighted by molar-refractivity contribution is -0.194. The second-order valence-electron chi connectivity index (χ2n) is 15.0. The highest BCUT2D eigenvalue weighted by atomic mass is 16.6. The van der Waals surface area contributed by atoms with Crippen LogP contribution < -0.4 is 0 Å². The number of fused-ring (bicyclic) bond motifs is 1. The minimum absolute atomic E-state index is 0.0857. The van der Waals surface area contributed by atoms with Gasteiger partial charge in [0.15, 0.2) is 12.2 Å². The number of rotatable bonds is 8. The summed E-state index contributed by atoms with van der Waals surface area (Å²) >= 11 is 0. The molecule has 0 heterocycles. The second kappa shape index (κ2) is 16.6. The molecule has 292 valence electrons. The fourth-order valence-electron chi connectivity index (χ4n) is 7.30. The minimum atomic E-state index is -2.36. The number of aliphatic hydroxyl groups is 2. The Kier molecular flexibility index (Phi) is 13.4. The third-order valence-corrected chi connectivity index (χ3v) is 9.56. The van der Waals surface area contributed by atoms with E-state index in [1.165, 1.54) is 32.9 Å². The molecule has 14 heteroatoms. The van der Waals surface area contributed by atoms with Crippen LogP contribution in [0.1, 0.15) is 86.0 Å². The molecule has 1 aromatic carbocycles. The summed E-state index contributed by atoms with van der Waals surface area (Å²) in [6, 6.07) is 7.80. The Morgan fingerprint density at radius 2 is 1.32 bits per heavy atom. The number of carbonyl (C=O) groups excluding carboxylic acids is 6. The molecular weight excluding hydrogens is 692 g/mol. The topological polar surface area (TPSA) is 198 Å². The molecule has 53 heavy (non-hydrogen) atoms. The first-order chi connectivity index (χ1) is 24.4. The van der Waals surface area contributed by atoms with Crippen molar-refractivity contribution in [1.82, 2.24) is 0 Å². The van der Waals surface area contributed by atoms with Crippen molar-refractivity contribution >= 4 is 35.8 Å². The van der Waals surface area contributed by atoms with Gasteiger partial charge >= 0.3 is 35.8 Å². The molecule has 2 aliphatic rings. The molecule has 0 saturated heterocycles. The number of carbonyl (C=O) groups is 6. The van der Waals surface area contributed by atoms with Gasteiger partial charge in [-0.15, -0.1) is 0 Å².